The Morgan fingerprint density at radius 1 is 0.400 bits per heavy atom. The molecule has 0 aromatic rings. The summed E-state index contributed by atoms with van der Waals surface area (Å²) >= 11 is 0. The molecule has 0 nitrogen and oxygen atoms in total. The van der Waals surface area contributed by atoms with Crippen molar-refractivity contribution in [3.63, 3.8) is 0 Å². The van der Waals surface area contributed by atoms with Gasteiger partial charge >= 0.3 is 189 Å². The average molecular weight is 210 g/mol. The molecular formula is H10Ca5. The Balaban J connectivity index is 0. The molecule has 0 aromatic heterocycles. The standard InChI is InChI=1S/5Ca.10H/q5*+2;10*-1. The van der Waals surface area contributed by atoms with E-state index in [0.717, 1.165) is 0 Å². The van der Waals surface area contributed by atoms with E-state index in [0.29, 0.717) is 0 Å². The molecular weight excluding hydrogens is 200 g/mol. The summed E-state index contributed by atoms with van der Waals surface area (Å²) in [5.41, 5.74) is 0. The molecule has 0 fully saturated rings. The van der Waals surface area contributed by atoms with Crippen molar-refractivity contribution in [1.29, 1.82) is 0 Å². The predicted molar refractivity (Wildman–Crippen MR) is 39.9 cm³/mol. The van der Waals surface area contributed by atoms with Gasteiger partial charge in [-0.05, 0) is 0 Å². The van der Waals surface area contributed by atoms with Crippen LogP contribution in [0.3, 0.4) is 0 Å². The molecule has 5 heteroatoms. The normalized spacial score (nSPS) is 0. The molecule has 0 amide bonds. The minimum absolute atomic E-state index is 0. The maximum Gasteiger partial charge on any atom is 2.00 e. The van der Waals surface area contributed by atoms with E-state index in [2.05, 4.69) is 0 Å². The monoisotopic (exact) mass is 210 g/mol. The zero-order chi connectivity index (χ0) is 0. The molecule has 0 spiro atoms. The minimum atomic E-state index is 0. The van der Waals surface area contributed by atoms with E-state index in [1.165, 1.54) is 0 Å². The molecule has 0 saturated carbocycles. The Morgan fingerprint density at radius 3 is 0.400 bits per heavy atom. The van der Waals surface area contributed by atoms with Gasteiger partial charge in [0.1, 0.15) is 0 Å². The molecule has 5 heavy (non-hydrogen) atoms. The van der Waals surface area contributed by atoms with E-state index in [-0.39, 0.29) is 203 Å². The second kappa shape index (κ2) is 22.4. The molecule has 0 saturated heterocycles. The van der Waals surface area contributed by atoms with Gasteiger partial charge in [0, 0.05) is 0 Å². The van der Waals surface area contributed by atoms with Crippen LogP contribution in [0.15, 0.2) is 0 Å². The van der Waals surface area contributed by atoms with Gasteiger partial charge in [0.05, 0.1) is 0 Å². The quantitative estimate of drug-likeness (QED) is 0.460. The molecule has 0 unspecified atom stereocenters. The molecule has 0 atom stereocenters. The van der Waals surface area contributed by atoms with Crippen molar-refractivity contribution in [2.75, 3.05) is 0 Å². The zero-order valence-electron chi connectivity index (χ0n) is 13.5. The molecule has 0 aliphatic heterocycles. The van der Waals surface area contributed by atoms with Gasteiger partial charge in [0.25, 0.3) is 0 Å². The maximum atomic E-state index is 0. The van der Waals surface area contributed by atoms with Gasteiger partial charge in [-0.3, -0.25) is 0 Å². The molecule has 0 radical (unpaired) electrons. The van der Waals surface area contributed by atoms with Crippen molar-refractivity contribution in [2.24, 2.45) is 0 Å². The molecule has 0 bridgehead atoms. The third-order valence-corrected chi connectivity index (χ3v) is 0. The SMILES string of the molecule is [Ca+2].[Ca+2].[Ca+2].[Ca+2].[Ca+2].[H-].[H-].[H-].[H-].[H-].[H-].[H-].[H-].[H-].[H-]. The third-order valence-electron chi connectivity index (χ3n) is 0. The fourth-order valence-corrected chi connectivity index (χ4v) is 0. The van der Waals surface area contributed by atoms with Crippen molar-refractivity contribution in [2.45, 2.75) is 0 Å². The average Bonchev–Trinajstić information content (AvgIpc) is 0. The first kappa shape index (κ1) is 30.2. The van der Waals surface area contributed by atoms with Gasteiger partial charge in [0.15, 0.2) is 0 Å². The van der Waals surface area contributed by atoms with Crippen LogP contribution in [0.1, 0.15) is 14.3 Å². The smallest absolute Gasteiger partial charge is 1.00 e. The van der Waals surface area contributed by atoms with Crippen LogP contribution in [-0.4, -0.2) is 189 Å². The van der Waals surface area contributed by atoms with Crippen molar-refractivity contribution >= 4 is 189 Å². The molecule has 0 aliphatic rings. The van der Waals surface area contributed by atoms with Gasteiger partial charge < -0.3 is 14.3 Å². The van der Waals surface area contributed by atoms with Gasteiger partial charge in [-0.15, -0.1) is 0 Å². The van der Waals surface area contributed by atoms with Crippen molar-refractivity contribution in [1.82, 2.24) is 0 Å². The second-order valence-electron chi connectivity index (χ2n) is 0. The van der Waals surface area contributed by atoms with Crippen molar-refractivity contribution < 1.29 is 14.3 Å². The van der Waals surface area contributed by atoms with Gasteiger partial charge in [-0.1, -0.05) is 0 Å². The summed E-state index contributed by atoms with van der Waals surface area (Å²) in [6.45, 7) is 0. The first-order valence-electron chi connectivity index (χ1n) is 0. The fourth-order valence-electron chi connectivity index (χ4n) is 0. The molecule has 0 N–H and O–H groups in total. The first-order valence-corrected chi connectivity index (χ1v) is 0. The fraction of sp³-hybridized carbons (Fsp3) is 0. The molecule has 0 heterocycles. The van der Waals surface area contributed by atoms with E-state index in [9.17, 15) is 0 Å². The van der Waals surface area contributed by atoms with Crippen LogP contribution in [0.5, 0.6) is 0 Å². The molecule has 0 aromatic carbocycles. The topological polar surface area (TPSA) is 0 Å². The van der Waals surface area contributed by atoms with E-state index in [1.807, 2.05) is 0 Å². The van der Waals surface area contributed by atoms with E-state index in [1.54, 1.807) is 0 Å². The molecule has 0 aliphatic carbocycles. The van der Waals surface area contributed by atoms with Crippen LogP contribution in [0.4, 0.5) is 0 Å². The van der Waals surface area contributed by atoms with Gasteiger partial charge in [0.2, 0.25) is 0 Å². The van der Waals surface area contributed by atoms with Crippen molar-refractivity contribution in [3.05, 3.63) is 0 Å². The summed E-state index contributed by atoms with van der Waals surface area (Å²) in [7, 11) is 0. The van der Waals surface area contributed by atoms with Crippen LogP contribution in [0.25, 0.3) is 0 Å². The number of rotatable bonds is 0. The van der Waals surface area contributed by atoms with E-state index < -0.39 is 0 Å². The largest absolute Gasteiger partial charge is 2.00 e. The number of hydrogen-bond acceptors (Lipinski definition) is 0. The van der Waals surface area contributed by atoms with Crippen LogP contribution >= 0.6 is 0 Å². The minimum Gasteiger partial charge on any atom is -1.00 e. The maximum absolute atomic E-state index is 0. The van der Waals surface area contributed by atoms with E-state index in [4.69, 9.17) is 0 Å². The Labute approximate surface area is 197 Å². The summed E-state index contributed by atoms with van der Waals surface area (Å²) in [5, 5.41) is 0. The van der Waals surface area contributed by atoms with E-state index >= 15 is 0 Å². The summed E-state index contributed by atoms with van der Waals surface area (Å²) in [4.78, 5) is 0. The van der Waals surface area contributed by atoms with Crippen LogP contribution in [-0.2, 0) is 0 Å². The second-order valence-corrected chi connectivity index (χ2v) is 0. The summed E-state index contributed by atoms with van der Waals surface area (Å²) in [6, 6.07) is 0. The van der Waals surface area contributed by atoms with Gasteiger partial charge in [-0.25, -0.2) is 0 Å². The number of hydrogen-bond donors (Lipinski definition) is 0. The molecule has 0 rings (SSSR count). The van der Waals surface area contributed by atoms with Crippen molar-refractivity contribution in [3.8, 4) is 0 Å². The zero-order valence-corrected chi connectivity index (χ0v) is 14.6. The predicted octanol–water partition coefficient (Wildman–Crippen LogP) is -0.779. The summed E-state index contributed by atoms with van der Waals surface area (Å²) in [6.07, 6.45) is 0. The Bertz CT molecular complexity index is 13.8. The van der Waals surface area contributed by atoms with Crippen LogP contribution in [0, 0.1) is 0 Å². The Hall–Kier alpha value is 6.30. The summed E-state index contributed by atoms with van der Waals surface area (Å²) in [5.74, 6) is 0. The third kappa shape index (κ3) is 17.9. The summed E-state index contributed by atoms with van der Waals surface area (Å²) < 4.78 is 0. The van der Waals surface area contributed by atoms with Crippen LogP contribution < -0.4 is 0 Å². The Morgan fingerprint density at radius 2 is 0.400 bits per heavy atom. The molecule has 20 valence electrons. The van der Waals surface area contributed by atoms with Crippen LogP contribution in [0.2, 0.25) is 0 Å². The van der Waals surface area contributed by atoms with Gasteiger partial charge in [-0.2, -0.15) is 0 Å². The first-order chi connectivity index (χ1) is 0. The Kier molecular flexibility index (Phi) is 136.